The van der Waals surface area contributed by atoms with Gasteiger partial charge in [0.1, 0.15) is 12.1 Å². The molecule has 0 aliphatic rings. The van der Waals surface area contributed by atoms with E-state index in [1.807, 2.05) is 13.8 Å². The summed E-state index contributed by atoms with van der Waals surface area (Å²) in [5, 5.41) is 3.07. The summed E-state index contributed by atoms with van der Waals surface area (Å²) in [7, 11) is 0. The number of hydrogen-bond donors (Lipinski definition) is 1. The van der Waals surface area contributed by atoms with Crippen LogP contribution in [0.1, 0.15) is 25.8 Å². The first-order valence-corrected chi connectivity index (χ1v) is 5.67. The van der Waals surface area contributed by atoms with Crippen LogP contribution in [0.5, 0.6) is 5.88 Å². The molecule has 96 valence electrons. The lowest BCUT2D eigenvalue weighted by Crippen LogP contribution is -2.12. The molecule has 0 aliphatic heterocycles. The third-order valence-electron chi connectivity index (χ3n) is 2.10. The summed E-state index contributed by atoms with van der Waals surface area (Å²) in [6, 6.07) is 0. The highest BCUT2D eigenvalue weighted by Crippen LogP contribution is 2.23. The number of rotatable bonds is 7. The Morgan fingerprint density at radius 3 is 2.71 bits per heavy atom. The van der Waals surface area contributed by atoms with Gasteiger partial charge in [0, 0.05) is 6.54 Å². The molecule has 1 aromatic rings. The average molecular weight is 245 g/mol. The lowest BCUT2D eigenvalue weighted by atomic mass is 10.1. The molecule has 0 fully saturated rings. The van der Waals surface area contributed by atoms with Crippen LogP contribution >= 0.6 is 0 Å². The highest BCUT2D eigenvalue weighted by Gasteiger charge is 2.13. The topological polar surface area (TPSA) is 47.0 Å². The van der Waals surface area contributed by atoms with Crippen LogP contribution < -0.4 is 10.1 Å². The molecule has 0 aliphatic carbocycles. The van der Waals surface area contributed by atoms with Crippen molar-refractivity contribution in [2.45, 2.75) is 33.1 Å². The monoisotopic (exact) mass is 245 g/mol. The first-order chi connectivity index (χ1) is 8.19. The molecule has 0 spiro atoms. The number of nitrogens with zero attached hydrogens (tertiary/aromatic N) is 2. The lowest BCUT2D eigenvalue weighted by molar-refractivity contribution is 0.0790. The molecule has 0 bridgehead atoms. The van der Waals surface area contributed by atoms with Gasteiger partial charge in [-0.25, -0.2) is 18.7 Å². The van der Waals surface area contributed by atoms with Crippen molar-refractivity contribution in [3.8, 4) is 5.88 Å². The fraction of sp³-hybridized carbons (Fsp3) is 0.636. The van der Waals surface area contributed by atoms with E-state index in [9.17, 15) is 8.78 Å². The Hall–Kier alpha value is -1.46. The summed E-state index contributed by atoms with van der Waals surface area (Å²) in [5.74, 6) is 0.909. The van der Waals surface area contributed by atoms with Gasteiger partial charge in [-0.1, -0.05) is 13.3 Å². The third kappa shape index (κ3) is 4.13. The van der Waals surface area contributed by atoms with E-state index in [2.05, 4.69) is 15.3 Å². The molecule has 4 nitrogen and oxygen atoms in total. The van der Waals surface area contributed by atoms with Gasteiger partial charge in [0.15, 0.2) is 6.61 Å². The maximum atomic E-state index is 12.1. The SMILES string of the molecule is CCCc1c(NCC)ncnc1OCC(F)F. The molecule has 1 N–H and O–H groups in total. The molecule has 6 heteroatoms. The summed E-state index contributed by atoms with van der Waals surface area (Å²) in [6.07, 6.45) is 0.387. The average Bonchev–Trinajstić information content (AvgIpc) is 2.30. The molecular weight excluding hydrogens is 228 g/mol. The molecule has 0 aromatic carbocycles. The molecule has 1 heterocycles. The summed E-state index contributed by atoms with van der Waals surface area (Å²) in [5.41, 5.74) is 0.762. The number of halogens is 2. The number of aromatic nitrogens is 2. The fourth-order valence-electron chi connectivity index (χ4n) is 1.46. The largest absolute Gasteiger partial charge is 0.471 e. The van der Waals surface area contributed by atoms with Gasteiger partial charge in [0.25, 0.3) is 6.43 Å². The van der Waals surface area contributed by atoms with Crippen molar-refractivity contribution in [2.75, 3.05) is 18.5 Å². The van der Waals surface area contributed by atoms with Crippen LogP contribution in [0, 0.1) is 0 Å². The van der Waals surface area contributed by atoms with Crippen molar-refractivity contribution in [3.05, 3.63) is 11.9 Å². The fourth-order valence-corrected chi connectivity index (χ4v) is 1.46. The Balaban J connectivity index is 2.89. The standard InChI is InChI=1S/C11H17F2N3O/c1-3-5-8-10(14-4-2)15-7-16-11(8)17-6-9(12)13/h7,9H,3-6H2,1-2H3,(H,14,15,16). The van der Waals surface area contributed by atoms with E-state index in [0.717, 1.165) is 12.0 Å². The highest BCUT2D eigenvalue weighted by atomic mass is 19.3. The van der Waals surface area contributed by atoms with E-state index in [1.165, 1.54) is 6.33 Å². The van der Waals surface area contributed by atoms with Crippen LogP contribution in [-0.2, 0) is 6.42 Å². The number of hydrogen-bond acceptors (Lipinski definition) is 4. The van der Waals surface area contributed by atoms with Crippen molar-refractivity contribution in [3.63, 3.8) is 0 Å². The molecule has 0 radical (unpaired) electrons. The van der Waals surface area contributed by atoms with Crippen molar-refractivity contribution < 1.29 is 13.5 Å². The molecule has 0 amide bonds. The van der Waals surface area contributed by atoms with Gasteiger partial charge >= 0.3 is 0 Å². The first kappa shape index (κ1) is 13.6. The predicted octanol–water partition coefficient (Wildman–Crippen LogP) is 2.50. The quantitative estimate of drug-likeness (QED) is 0.801. The van der Waals surface area contributed by atoms with Gasteiger partial charge in [-0.05, 0) is 13.3 Å². The van der Waals surface area contributed by atoms with Crippen LogP contribution in [-0.4, -0.2) is 29.5 Å². The van der Waals surface area contributed by atoms with Crippen LogP contribution in [0.2, 0.25) is 0 Å². The normalized spacial score (nSPS) is 10.6. The van der Waals surface area contributed by atoms with E-state index in [1.54, 1.807) is 0 Å². The number of anilines is 1. The third-order valence-corrected chi connectivity index (χ3v) is 2.10. The van der Waals surface area contributed by atoms with Crippen LogP contribution in [0.15, 0.2) is 6.33 Å². The second-order valence-electron chi connectivity index (χ2n) is 3.49. The molecule has 1 rings (SSSR count). The molecule has 1 aromatic heterocycles. The van der Waals surface area contributed by atoms with Gasteiger partial charge in [-0.2, -0.15) is 0 Å². The maximum absolute atomic E-state index is 12.1. The molecule has 0 atom stereocenters. The first-order valence-electron chi connectivity index (χ1n) is 5.67. The zero-order chi connectivity index (χ0) is 12.7. The van der Waals surface area contributed by atoms with Crippen molar-refractivity contribution in [2.24, 2.45) is 0 Å². The van der Waals surface area contributed by atoms with Crippen molar-refractivity contribution in [1.29, 1.82) is 0 Å². The van der Waals surface area contributed by atoms with E-state index in [-0.39, 0.29) is 5.88 Å². The van der Waals surface area contributed by atoms with Crippen LogP contribution in [0.3, 0.4) is 0 Å². The van der Waals surface area contributed by atoms with E-state index in [0.29, 0.717) is 18.8 Å². The minimum atomic E-state index is -2.50. The predicted molar refractivity (Wildman–Crippen MR) is 61.7 cm³/mol. The Bertz CT molecular complexity index is 347. The van der Waals surface area contributed by atoms with E-state index in [4.69, 9.17) is 4.74 Å². The van der Waals surface area contributed by atoms with Crippen molar-refractivity contribution in [1.82, 2.24) is 9.97 Å². The Labute approximate surface area is 99.4 Å². The highest BCUT2D eigenvalue weighted by molar-refractivity contribution is 5.48. The second kappa shape index (κ2) is 6.98. The summed E-state index contributed by atoms with van der Waals surface area (Å²) < 4.78 is 29.2. The summed E-state index contributed by atoms with van der Waals surface area (Å²) in [6.45, 7) is 4.01. The zero-order valence-electron chi connectivity index (χ0n) is 10.0. The van der Waals surface area contributed by atoms with Gasteiger partial charge in [0.05, 0.1) is 5.56 Å². The number of alkyl halides is 2. The Morgan fingerprint density at radius 1 is 1.35 bits per heavy atom. The smallest absolute Gasteiger partial charge is 0.272 e. The minimum Gasteiger partial charge on any atom is -0.471 e. The zero-order valence-corrected chi connectivity index (χ0v) is 10.0. The Kier molecular flexibility index (Phi) is 5.59. The molecule has 0 saturated carbocycles. The minimum absolute atomic E-state index is 0.248. The van der Waals surface area contributed by atoms with E-state index < -0.39 is 13.0 Å². The molecule has 17 heavy (non-hydrogen) atoms. The summed E-state index contributed by atoms with van der Waals surface area (Å²) in [4.78, 5) is 7.99. The van der Waals surface area contributed by atoms with Gasteiger partial charge in [-0.3, -0.25) is 0 Å². The Morgan fingerprint density at radius 2 is 2.12 bits per heavy atom. The van der Waals surface area contributed by atoms with Gasteiger partial charge in [-0.15, -0.1) is 0 Å². The number of nitrogens with one attached hydrogen (secondary N) is 1. The maximum Gasteiger partial charge on any atom is 0.272 e. The van der Waals surface area contributed by atoms with Gasteiger partial charge < -0.3 is 10.1 Å². The molecular formula is C11H17F2N3O. The summed E-state index contributed by atoms with van der Waals surface area (Å²) >= 11 is 0. The van der Waals surface area contributed by atoms with Gasteiger partial charge in [0.2, 0.25) is 5.88 Å². The molecule has 0 saturated heterocycles. The second-order valence-corrected chi connectivity index (χ2v) is 3.49. The number of ether oxygens (including phenoxy) is 1. The van der Waals surface area contributed by atoms with E-state index >= 15 is 0 Å². The lowest BCUT2D eigenvalue weighted by Gasteiger charge is -2.13. The van der Waals surface area contributed by atoms with Crippen molar-refractivity contribution >= 4 is 5.82 Å². The van der Waals surface area contributed by atoms with Crippen LogP contribution in [0.25, 0.3) is 0 Å². The molecule has 0 unspecified atom stereocenters. The van der Waals surface area contributed by atoms with Crippen LogP contribution in [0.4, 0.5) is 14.6 Å².